The molecule has 1 aliphatic heterocycles. The third-order valence-electron chi connectivity index (χ3n) is 3.09. The molecule has 1 aromatic carbocycles. The van der Waals surface area contributed by atoms with E-state index in [1.54, 1.807) is 12.1 Å². The summed E-state index contributed by atoms with van der Waals surface area (Å²) in [6.07, 6.45) is 0. The summed E-state index contributed by atoms with van der Waals surface area (Å²) in [7, 11) is 0. The van der Waals surface area contributed by atoms with Crippen LogP contribution in [0.1, 0.15) is 12.5 Å². The average molecular weight is 291 g/mol. The largest absolute Gasteiger partial charge is 0.434 e. The Balaban J connectivity index is 2.10. The molecule has 1 unspecified atom stereocenters. The summed E-state index contributed by atoms with van der Waals surface area (Å²) < 4.78 is 29.3. The van der Waals surface area contributed by atoms with Gasteiger partial charge in [-0.05, 0) is 25.1 Å². The van der Waals surface area contributed by atoms with Gasteiger partial charge in [-0.25, -0.2) is 0 Å². The highest BCUT2D eigenvalue weighted by molar-refractivity contribution is 6.30. The maximum atomic E-state index is 12.4. The molecule has 1 heterocycles. The lowest BCUT2D eigenvalue weighted by Gasteiger charge is -2.32. The summed E-state index contributed by atoms with van der Waals surface area (Å²) in [5, 5.41) is 3.86. The van der Waals surface area contributed by atoms with Crippen molar-refractivity contribution in [3.63, 3.8) is 0 Å². The van der Waals surface area contributed by atoms with Gasteiger partial charge >= 0.3 is 6.61 Å². The first-order chi connectivity index (χ1) is 9.04. The standard InChI is InChI=1S/C13H17ClF2N2O/c1-9-7-18(5-4-17-9)8-10-6-11(14)2-3-12(10)19-13(15)16/h2-3,6,9,13,17H,4-5,7-8H2,1H3. The first-order valence-electron chi connectivity index (χ1n) is 6.23. The van der Waals surface area contributed by atoms with E-state index >= 15 is 0 Å². The maximum Gasteiger partial charge on any atom is 0.387 e. The minimum Gasteiger partial charge on any atom is -0.434 e. The molecule has 6 heteroatoms. The number of hydrogen-bond acceptors (Lipinski definition) is 3. The second-order valence-corrected chi connectivity index (χ2v) is 5.16. The van der Waals surface area contributed by atoms with Gasteiger partial charge in [-0.2, -0.15) is 8.78 Å². The molecule has 0 spiro atoms. The molecule has 0 saturated carbocycles. The van der Waals surface area contributed by atoms with E-state index in [0.29, 0.717) is 23.2 Å². The highest BCUT2D eigenvalue weighted by Gasteiger charge is 2.18. The highest BCUT2D eigenvalue weighted by Crippen LogP contribution is 2.26. The normalized spacial score (nSPS) is 20.8. The number of rotatable bonds is 4. The van der Waals surface area contributed by atoms with Crippen molar-refractivity contribution in [1.82, 2.24) is 10.2 Å². The zero-order valence-electron chi connectivity index (χ0n) is 10.7. The van der Waals surface area contributed by atoms with Crippen LogP contribution in [-0.4, -0.2) is 37.2 Å². The minimum absolute atomic E-state index is 0.200. The van der Waals surface area contributed by atoms with Crippen LogP contribution in [-0.2, 0) is 6.54 Å². The molecule has 0 aromatic heterocycles. The number of piperazine rings is 1. The van der Waals surface area contributed by atoms with E-state index in [9.17, 15) is 8.78 Å². The lowest BCUT2D eigenvalue weighted by molar-refractivity contribution is -0.0508. The first-order valence-corrected chi connectivity index (χ1v) is 6.61. The fraction of sp³-hybridized carbons (Fsp3) is 0.538. The highest BCUT2D eigenvalue weighted by atomic mass is 35.5. The maximum absolute atomic E-state index is 12.4. The molecule has 0 aliphatic carbocycles. The third-order valence-corrected chi connectivity index (χ3v) is 3.32. The van der Waals surface area contributed by atoms with Crippen LogP contribution in [0.15, 0.2) is 18.2 Å². The third kappa shape index (κ3) is 4.30. The van der Waals surface area contributed by atoms with Crippen molar-refractivity contribution in [2.24, 2.45) is 0 Å². The second kappa shape index (κ2) is 6.50. The lowest BCUT2D eigenvalue weighted by atomic mass is 10.1. The number of hydrogen-bond donors (Lipinski definition) is 1. The first kappa shape index (κ1) is 14.5. The summed E-state index contributed by atoms with van der Waals surface area (Å²) in [6, 6.07) is 5.14. The Bertz CT molecular complexity index is 431. The van der Waals surface area contributed by atoms with Crippen LogP contribution in [0.25, 0.3) is 0 Å². The van der Waals surface area contributed by atoms with Gasteiger partial charge in [0.15, 0.2) is 0 Å². The van der Waals surface area contributed by atoms with E-state index in [1.807, 2.05) is 0 Å². The van der Waals surface area contributed by atoms with Gasteiger partial charge in [0, 0.05) is 42.8 Å². The number of halogens is 3. The monoisotopic (exact) mass is 290 g/mol. The molecule has 106 valence electrons. The number of alkyl halides is 2. The summed E-state index contributed by atoms with van der Waals surface area (Å²) >= 11 is 5.93. The van der Waals surface area contributed by atoms with Crippen LogP contribution in [0.5, 0.6) is 5.75 Å². The van der Waals surface area contributed by atoms with Crippen molar-refractivity contribution in [3.05, 3.63) is 28.8 Å². The molecule has 1 aliphatic rings. The molecular formula is C13H17ClF2N2O. The Kier molecular flexibility index (Phi) is 4.96. The minimum atomic E-state index is -2.82. The smallest absolute Gasteiger partial charge is 0.387 e. The molecular weight excluding hydrogens is 274 g/mol. The van der Waals surface area contributed by atoms with Crippen LogP contribution in [0.2, 0.25) is 5.02 Å². The predicted molar refractivity (Wildman–Crippen MR) is 70.8 cm³/mol. The zero-order valence-corrected chi connectivity index (χ0v) is 11.5. The Labute approximate surface area is 116 Å². The van der Waals surface area contributed by atoms with Gasteiger partial charge in [0.05, 0.1) is 0 Å². The molecule has 1 saturated heterocycles. The van der Waals surface area contributed by atoms with E-state index in [-0.39, 0.29) is 5.75 Å². The average Bonchev–Trinajstić information content (AvgIpc) is 2.32. The molecule has 0 radical (unpaired) electrons. The van der Waals surface area contributed by atoms with Crippen LogP contribution < -0.4 is 10.1 Å². The summed E-state index contributed by atoms with van der Waals surface area (Å²) in [6.45, 7) is 2.50. The van der Waals surface area contributed by atoms with Gasteiger partial charge in [-0.3, -0.25) is 4.90 Å². The quantitative estimate of drug-likeness (QED) is 0.923. The molecule has 2 rings (SSSR count). The summed E-state index contributed by atoms with van der Waals surface area (Å²) in [5.41, 5.74) is 0.696. The predicted octanol–water partition coefficient (Wildman–Crippen LogP) is 2.74. The number of ether oxygens (including phenoxy) is 1. The van der Waals surface area contributed by atoms with E-state index in [2.05, 4.69) is 21.9 Å². The molecule has 0 amide bonds. The number of nitrogens with one attached hydrogen (secondary N) is 1. The van der Waals surface area contributed by atoms with Gasteiger partial charge < -0.3 is 10.1 Å². The van der Waals surface area contributed by atoms with Gasteiger partial charge in [0.2, 0.25) is 0 Å². The van der Waals surface area contributed by atoms with Crippen molar-refractivity contribution in [1.29, 1.82) is 0 Å². The fourth-order valence-electron chi connectivity index (χ4n) is 2.28. The number of benzene rings is 1. The topological polar surface area (TPSA) is 24.5 Å². The van der Waals surface area contributed by atoms with E-state index in [1.165, 1.54) is 6.07 Å². The van der Waals surface area contributed by atoms with Crippen molar-refractivity contribution in [3.8, 4) is 5.75 Å². The van der Waals surface area contributed by atoms with Gasteiger partial charge in [0.1, 0.15) is 5.75 Å². The zero-order chi connectivity index (χ0) is 13.8. The fourth-order valence-corrected chi connectivity index (χ4v) is 2.47. The molecule has 1 fully saturated rings. The van der Waals surface area contributed by atoms with Crippen molar-refractivity contribution in [2.45, 2.75) is 26.1 Å². The second-order valence-electron chi connectivity index (χ2n) is 4.72. The molecule has 1 N–H and O–H groups in total. The van der Waals surface area contributed by atoms with E-state index < -0.39 is 6.61 Å². The van der Waals surface area contributed by atoms with Crippen molar-refractivity contribution < 1.29 is 13.5 Å². The van der Waals surface area contributed by atoms with Gasteiger partial charge in [0.25, 0.3) is 0 Å². The lowest BCUT2D eigenvalue weighted by Crippen LogP contribution is -2.48. The Morgan fingerprint density at radius 1 is 1.53 bits per heavy atom. The van der Waals surface area contributed by atoms with Crippen molar-refractivity contribution >= 4 is 11.6 Å². The van der Waals surface area contributed by atoms with E-state index in [0.717, 1.165) is 19.6 Å². The van der Waals surface area contributed by atoms with Gasteiger partial charge in [-0.15, -0.1) is 0 Å². The van der Waals surface area contributed by atoms with Crippen molar-refractivity contribution in [2.75, 3.05) is 19.6 Å². The Hall–Kier alpha value is -0.910. The van der Waals surface area contributed by atoms with E-state index in [4.69, 9.17) is 11.6 Å². The SMILES string of the molecule is CC1CN(Cc2cc(Cl)ccc2OC(F)F)CCN1. The van der Waals surface area contributed by atoms with Crippen LogP contribution >= 0.6 is 11.6 Å². The Morgan fingerprint density at radius 3 is 3.00 bits per heavy atom. The summed E-state index contributed by atoms with van der Waals surface area (Å²) in [4.78, 5) is 2.20. The molecule has 1 aromatic rings. The molecule has 1 atom stereocenters. The number of nitrogens with zero attached hydrogens (tertiary/aromatic N) is 1. The molecule has 0 bridgehead atoms. The van der Waals surface area contributed by atoms with Crippen LogP contribution in [0.4, 0.5) is 8.78 Å². The van der Waals surface area contributed by atoms with Gasteiger partial charge in [-0.1, -0.05) is 11.6 Å². The molecule has 19 heavy (non-hydrogen) atoms. The Morgan fingerprint density at radius 2 is 2.32 bits per heavy atom. The van der Waals surface area contributed by atoms with Crippen LogP contribution in [0.3, 0.4) is 0 Å². The van der Waals surface area contributed by atoms with Crippen LogP contribution in [0, 0.1) is 0 Å². The summed E-state index contributed by atoms with van der Waals surface area (Å²) in [5.74, 6) is 0.200. The molecule has 3 nitrogen and oxygen atoms in total.